The molecule has 1 unspecified atom stereocenters. The molecule has 160 valence electrons. The fourth-order valence-electron chi connectivity index (χ4n) is 2.61. The first-order chi connectivity index (χ1) is 14.6. The third-order valence-electron chi connectivity index (χ3n) is 4.22. The topological polar surface area (TPSA) is 77.2 Å². The van der Waals surface area contributed by atoms with Gasteiger partial charge in [-0.15, -0.1) is 0 Å². The molecule has 0 aliphatic rings. The van der Waals surface area contributed by atoms with E-state index < -0.39 is 5.91 Å². The van der Waals surface area contributed by atoms with Crippen molar-refractivity contribution in [2.24, 2.45) is 11.7 Å². The number of benzene rings is 1. The lowest BCUT2D eigenvalue weighted by Gasteiger charge is -2.14. The molecule has 5 heteroatoms. The first-order valence-corrected chi connectivity index (χ1v) is 10.2. The van der Waals surface area contributed by atoms with Crippen LogP contribution < -0.4 is 15.8 Å². The third-order valence-corrected chi connectivity index (χ3v) is 4.22. The summed E-state index contributed by atoms with van der Waals surface area (Å²) >= 11 is 0. The highest BCUT2D eigenvalue weighted by Crippen LogP contribution is 2.13. The summed E-state index contributed by atoms with van der Waals surface area (Å²) in [6, 6.07) is 13.5. The zero-order valence-corrected chi connectivity index (χ0v) is 18.2. The van der Waals surface area contributed by atoms with Gasteiger partial charge in [-0.25, -0.2) is 4.98 Å². The first-order valence-electron chi connectivity index (χ1n) is 10.2. The van der Waals surface area contributed by atoms with E-state index in [2.05, 4.69) is 42.0 Å². The maximum absolute atomic E-state index is 11.0. The Kier molecular flexibility index (Phi) is 12.2. The Morgan fingerprint density at radius 3 is 2.57 bits per heavy atom. The number of nitrogens with zero attached hydrogens (tertiary/aromatic N) is 1. The number of rotatable bonds is 11. The SMILES string of the molecule is C=C/C(=C\C/C=C/Oc1ccc(C(N)=O)cn1)C(C)CNCc1ccccc1.CC. The van der Waals surface area contributed by atoms with Crippen molar-refractivity contribution in [1.82, 2.24) is 10.3 Å². The number of aromatic nitrogens is 1. The van der Waals surface area contributed by atoms with E-state index in [0.717, 1.165) is 19.5 Å². The quantitative estimate of drug-likeness (QED) is 0.405. The minimum absolute atomic E-state index is 0.352. The molecule has 0 saturated heterocycles. The van der Waals surface area contributed by atoms with Gasteiger partial charge < -0.3 is 15.8 Å². The highest BCUT2D eigenvalue weighted by atomic mass is 16.5. The summed E-state index contributed by atoms with van der Waals surface area (Å²) in [6.45, 7) is 11.8. The fourth-order valence-corrected chi connectivity index (χ4v) is 2.61. The van der Waals surface area contributed by atoms with Crippen molar-refractivity contribution in [1.29, 1.82) is 0 Å². The first kappa shape index (κ1) is 24.9. The molecule has 5 nitrogen and oxygen atoms in total. The van der Waals surface area contributed by atoms with Crippen LogP contribution in [0.3, 0.4) is 0 Å². The summed E-state index contributed by atoms with van der Waals surface area (Å²) in [5, 5.41) is 3.48. The predicted octanol–water partition coefficient (Wildman–Crippen LogP) is 5.03. The maximum atomic E-state index is 11.0. The molecule has 0 aliphatic heterocycles. The second kappa shape index (κ2) is 14.8. The number of nitrogens with one attached hydrogen (secondary N) is 1. The second-order valence-electron chi connectivity index (χ2n) is 6.40. The molecule has 0 aliphatic carbocycles. The molecule has 3 N–H and O–H groups in total. The van der Waals surface area contributed by atoms with Crippen LogP contribution in [0.5, 0.6) is 5.88 Å². The maximum Gasteiger partial charge on any atom is 0.250 e. The van der Waals surface area contributed by atoms with Gasteiger partial charge in [0.25, 0.3) is 0 Å². The van der Waals surface area contributed by atoms with E-state index >= 15 is 0 Å². The number of hydrogen-bond donors (Lipinski definition) is 2. The van der Waals surface area contributed by atoms with Gasteiger partial charge in [-0.1, -0.05) is 69.8 Å². The summed E-state index contributed by atoms with van der Waals surface area (Å²) in [6.07, 6.45) is 9.63. The normalized spacial score (nSPS) is 12.0. The number of pyridine rings is 1. The molecule has 1 amide bonds. The molecule has 0 spiro atoms. The lowest BCUT2D eigenvalue weighted by atomic mass is 10.00. The highest BCUT2D eigenvalue weighted by Gasteiger charge is 2.05. The lowest BCUT2D eigenvalue weighted by Crippen LogP contribution is -2.21. The predicted molar refractivity (Wildman–Crippen MR) is 124 cm³/mol. The molecule has 0 radical (unpaired) electrons. The van der Waals surface area contributed by atoms with Crippen LogP contribution in [0.25, 0.3) is 0 Å². The number of carbonyl (C=O) groups is 1. The lowest BCUT2D eigenvalue weighted by molar-refractivity contribution is 0.1000. The van der Waals surface area contributed by atoms with Gasteiger partial charge in [0.1, 0.15) is 0 Å². The van der Waals surface area contributed by atoms with Gasteiger partial charge in [0.2, 0.25) is 11.8 Å². The van der Waals surface area contributed by atoms with Gasteiger partial charge in [-0.3, -0.25) is 4.79 Å². The summed E-state index contributed by atoms with van der Waals surface area (Å²) < 4.78 is 5.42. The molecule has 1 aromatic carbocycles. The molecule has 0 saturated carbocycles. The number of hydrogen-bond acceptors (Lipinski definition) is 4. The molecular weight excluding hydrogens is 374 g/mol. The van der Waals surface area contributed by atoms with Crippen molar-refractivity contribution >= 4 is 5.91 Å². The van der Waals surface area contributed by atoms with E-state index in [1.54, 1.807) is 18.4 Å². The third kappa shape index (κ3) is 9.34. The molecule has 30 heavy (non-hydrogen) atoms. The Labute approximate surface area is 180 Å². The molecular formula is C25H33N3O2. The summed E-state index contributed by atoms with van der Waals surface area (Å²) in [4.78, 5) is 15.0. The average molecular weight is 408 g/mol. The molecule has 2 rings (SSSR count). The molecule has 1 heterocycles. The van der Waals surface area contributed by atoms with Gasteiger partial charge in [-0.05, 0) is 35.6 Å². The Hall–Kier alpha value is -3.18. The molecule has 2 aromatic rings. The minimum atomic E-state index is -0.510. The zero-order chi connectivity index (χ0) is 22.2. The van der Waals surface area contributed by atoms with Crippen molar-refractivity contribution in [3.8, 4) is 5.88 Å². The van der Waals surface area contributed by atoms with Gasteiger partial charge in [0, 0.05) is 25.4 Å². The van der Waals surface area contributed by atoms with E-state index in [1.807, 2.05) is 44.2 Å². The molecule has 1 atom stereocenters. The number of ether oxygens (including phenoxy) is 1. The van der Waals surface area contributed by atoms with Gasteiger partial charge in [0.05, 0.1) is 11.8 Å². The van der Waals surface area contributed by atoms with Crippen LogP contribution in [-0.4, -0.2) is 17.4 Å². The molecule has 0 fully saturated rings. The number of amides is 1. The van der Waals surface area contributed by atoms with Crippen LogP contribution >= 0.6 is 0 Å². The number of carbonyl (C=O) groups excluding carboxylic acids is 1. The van der Waals surface area contributed by atoms with Gasteiger partial charge in [-0.2, -0.15) is 0 Å². The van der Waals surface area contributed by atoms with E-state index in [4.69, 9.17) is 10.5 Å². The summed E-state index contributed by atoms with van der Waals surface area (Å²) in [5.74, 6) is 0.259. The Morgan fingerprint density at radius 2 is 1.97 bits per heavy atom. The van der Waals surface area contributed by atoms with Gasteiger partial charge >= 0.3 is 0 Å². The number of allylic oxidation sites excluding steroid dienone is 3. The van der Waals surface area contributed by atoms with Crippen LogP contribution in [0, 0.1) is 5.92 Å². The van der Waals surface area contributed by atoms with Crippen molar-refractivity contribution in [3.63, 3.8) is 0 Å². The zero-order valence-electron chi connectivity index (χ0n) is 18.2. The van der Waals surface area contributed by atoms with Crippen molar-refractivity contribution in [2.75, 3.05) is 6.54 Å². The van der Waals surface area contributed by atoms with E-state index in [-0.39, 0.29) is 0 Å². The standard InChI is InChI=1S/C23H27N3O2.C2H6/c1-3-20(18(2)15-25-16-19-9-5-4-6-10-19)11-7-8-14-28-22-13-12-21(17-26-22)23(24)27;1-2/h3-6,8-14,17-18,25H,1,7,15-16H2,2H3,(H2,24,27);1-2H3/b14-8+,20-11+;. The van der Waals surface area contributed by atoms with Crippen LogP contribution in [0.1, 0.15) is 43.1 Å². The Morgan fingerprint density at radius 1 is 1.23 bits per heavy atom. The number of nitrogens with two attached hydrogens (primary N) is 1. The summed E-state index contributed by atoms with van der Waals surface area (Å²) in [5.41, 5.74) is 7.99. The monoisotopic (exact) mass is 407 g/mol. The van der Waals surface area contributed by atoms with Crippen molar-refractivity contribution < 1.29 is 9.53 Å². The smallest absolute Gasteiger partial charge is 0.250 e. The molecule has 1 aromatic heterocycles. The van der Waals surface area contributed by atoms with Crippen LogP contribution in [0.15, 0.2) is 85.3 Å². The van der Waals surface area contributed by atoms with Crippen LogP contribution in [0.2, 0.25) is 0 Å². The van der Waals surface area contributed by atoms with Gasteiger partial charge in [0.15, 0.2) is 0 Å². The highest BCUT2D eigenvalue weighted by molar-refractivity contribution is 5.92. The summed E-state index contributed by atoms with van der Waals surface area (Å²) in [7, 11) is 0. The van der Waals surface area contributed by atoms with E-state index in [9.17, 15) is 4.79 Å². The van der Waals surface area contributed by atoms with Crippen LogP contribution in [-0.2, 0) is 6.54 Å². The minimum Gasteiger partial charge on any atom is -0.447 e. The Bertz CT molecular complexity index is 812. The average Bonchev–Trinajstić information content (AvgIpc) is 2.78. The van der Waals surface area contributed by atoms with E-state index in [0.29, 0.717) is 17.4 Å². The van der Waals surface area contributed by atoms with Crippen molar-refractivity contribution in [2.45, 2.75) is 33.7 Å². The fraction of sp³-hybridized carbons (Fsp3) is 0.280. The largest absolute Gasteiger partial charge is 0.447 e. The van der Waals surface area contributed by atoms with Crippen molar-refractivity contribution in [3.05, 3.63) is 96.4 Å². The van der Waals surface area contributed by atoms with E-state index in [1.165, 1.54) is 17.3 Å². The molecule has 0 bridgehead atoms. The Balaban J connectivity index is 0.00000218. The van der Waals surface area contributed by atoms with Crippen LogP contribution in [0.4, 0.5) is 0 Å². The second-order valence-corrected chi connectivity index (χ2v) is 6.40. The number of primary amides is 1.